The van der Waals surface area contributed by atoms with Gasteiger partial charge in [-0.3, -0.25) is 0 Å². The number of ether oxygens (including phenoxy) is 1. The van der Waals surface area contributed by atoms with Crippen LogP contribution in [0.5, 0.6) is 0 Å². The number of aryl methyl sites for hydroxylation is 2. The molecule has 28 heavy (non-hydrogen) atoms. The van der Waals surface area contributed by atoms with Gasteiger partial charge in [-0.1, -0.05) is 36.4 Å². The summed E-state index contributed by atoms with van der Waals surface area (Å²) in [7, 11) is -3.43. The molecule has 1 aliphatic carbocycles. The van der Waals surface area contributed by atoms with E-state index in [-0.39, 0.29) is 5.92 Å². The molecule has 1 atom stereocenters. The summed E-state index contributed by atoms with van der Waals surface area (Å²) in [5, 5.41) is 0. The van der Waals surface area contributed by atoms with Crippen LogP contribution in [0.2, 0.25) is 0 Å². The second kappa shape index (κ2) is 8.76. The van der Waals surface area contributed by atoms with Gasteiger partial charge in [0, 0.05) is 13.1 Å². The predicted molar refractivity (Wildman–Crippen MR) is 111 cm³/mol. The fourth-order valence-electron chi connectivity index (χ4n) is 4.32. The van der Waals surface area contributed by atoms with Gasteiger partial charge in [0.1, 0.15) is 0 Å². The highest BCUT2D eigenvalue weighted by Gasteiger charge is 2.31. The number of hydrogen-bond donors (Lipinski definition) is 0. The minimum atomic E-state index is -3.43. The van der Waals surface area contributed by atoms with Crippen LogP contribution in [-0.2, 0) is 34.2 Å². The van der Waals surface area contributed by atoms with Crippen LogP contribution in [0.15, 0.2) is 53.4 Å². The van der Waals surface area contributed by atoms with Crippen LogP contribution >= 0.6 is 0 Å². The highest BCUT2D eigenvalue weighted by Crippen LogP contribution is 2.28. The van der Waals surface area contributed by atoms with E-state index in [4.69, 9.17) is 4.74 Å². The van der Waals surface area contributed by atoms with Gasteiger partial charge < -0.3 is 4.74 Å². The van der Waals surface area contributed by atoms with Crippen molar-refractivity contribution < 1.29 is 13.2 Å². The van der Waals surface area contributed by atoms with Crippen LogP contribution < -0.4 is 0 Å². The van der Waals surface area contributed by atoms with Crippen LogP contribution in [0.3, 0.4) is 0 Å². The molecule has 0 N–H and O–H groups in total. The van der Waals surface area contributed by atoms with E-state index in [2.05, 4.69) is 0 Å². The third kappa shape index (κ3) is 4.48. The third-order valence-electron chi connectivity index (χ3n) is 5.90. The lowest BCUT2D eigenvalue weighted by Crippen LogP contribution is -2.41. The van der Waals surface area contributed by atoms with E-state index in [1.807, 2.05) is 42.5 Å². The normalized spacial score (nSPS) is 20.6. The summed E-state index contributed by atoms with van der Waals surface area (Å²) >= 11 is 0. The number of benzene rings is 2. The van der Waals surface area contributed by atoms with E-state index < -0.39 is 10.0 Å². The van der Waals surface area contributed by atoms with Crippen molar-refractivity contribution >= 4 is 10.0 Å². The van der Waals surface area contributed by atoms with Gasteiger partial charge in [0.05, 0.1) is 18.1 Å². The lowest BCUT2D eigenvalue weighted by atomic mass is 9.92. The first-order valence-corrected chi connectivity index (χ1v) is 11.8. The van der Waals surface area contributed by atoms with Crippen molar-refractivity contribution in [2.75, 3.05) is 19.7 Å². The van der Waals surface area contributed by atoms with E-state index in [1.54, 1.807) is 10.4 Å². The molecule has 0 aromatic heterocycles. The molecule has 2 aliphatic rings. The van der Waals surface area contributed by atoms with Gasteiger partial charge in [-0.05, 0) is 73.3 Å². The van der Waals surface area contributed by atoms with Crippen molar-refractivity contribution in [1.29, 1.82) is 0 Å². The average molecular weight is 400 g/mol. The van der Waals surface area contributed by atoms with Crippen molar-refractivity contribution in [3.05, 3.63) is 65.2 Å². The SMILES string of the molecule is O=S(=O)(c1ccc2c(c1)CCCC2)N1CCCC(COCc2ccccc2)C1. The van der Waals surface area contributed by atoms with Crippen LogP contribution in [0.1, 0.15) is 42.4 Å². The molecule has 4 rings (SSSR count). The number of piperidine rings is 1. The zero-order valence-electron chi connectivity index (χ0n) is 16.3. The average Bonchev–Trinajstić information content (AvgIpc) is 2.74. The van der Waals surface area contributed by atoms with E-state index in [0.717, 1.165) is 37.7 Å². The summed E-state index contributed by atoms with van der Waals surface area (Å²) in [6.45, 7) is 2.34. The van der Waals surface area contributed by atoms with Gasteiger partial charge in [0.25, 0.3) is 0 Å². The maximum absolute atomic E-state index is 13.2. The Bertz CT molecular complexity index is 895. The Labute approximate surface area is 168 Å². The molecule has 0 radical (unpaired) electrons. The Balaban J connectivity index is 1.39. The second-order valence-electron chi connectivity index (χ2n) is 8.01. The molecule has 1 heterocycles. The van der Waals surface area contributed by atoms with Crippen molar-refractivity contribution in [2.45, 2.75) is 50.0 Å². The van der Waals surface area contributed by atoms with E-state index in [1.165, 1.54) is 17.5 Å². The Morgan fingerprint density at radius 2 is 1.75 bits per heavy atom. The van der Waals surface area contributed by atoms with Gasteiger partial charge >= 0.3 is 0 Å². The molecule has 150 valence electrons. The molecule has 2 aromatic carbocycles. The molecular formula is C23H29NO3S. The molecule has 1 saturated heterocycles. The van der Waals surface area contributed by atoms with Gasteiger partial charge in [0.15, 0.2) is 0 Å². The molecule has 0 saturated carbocycles. The summed E-state index contributed by atoms with van der Waals surface area (Å²) in [5.41, 5.74) is 3.68. The summed E-state index contributed by atoms with van der Waals surface area (Å²) in [6, 6.07) is 15.8. The Morgan fingerprint density at radius 1 is 0.964 bits per heavy atom. The smallest absolute Gasteiger partial charge is 0.243 e. The number of fused-ring (bicyclic) bond motifs is 1. The first-order chi connectivity index (χ1) is 13.6. The molecule has 2 aromatic rings. The standard InChI is InChI=1S/C23H29NO3S/c25-28(26,23-13-12-21-10-4-5-11-22(21)15-23)24-14-6-9-20(16-24)18-27-17-19-7-2-1-3-8-19/h1-3,7-8,12-13,15,20H,4-6,9-11,14,16-18H2. The van der Waals surface area contributed by atoms with Crippen molar-refractivity contribution in [2.24, 2.45) is 5.92 Å². The molecule has 0 bridgehead atoms. The zero-order valence-corrected chi connectivity index (χ0v) is 17.2. The number of rotatable bonds is 6. The summed E-state index contributed by atoms with van der Waals surface area (Å²) in [6.07, 6.45) is 6.33. The zero-order chi connectivity index (χ0) is 19.4. The van der Waals surface area contributed by atoms with E-state index >= 15 is 0 Å². The fourth-order valence-corrected chi connectivity index (χ4v) is 5.92. The molecule has 0 spiro atoms. The Hall–Kier alpha value is -1.69. The quantitative estimate of drug-likeness (QED) is 0.732. The first kappa shape index (κ1) is 19.6. The first-order valence-electron chi connectivity index (χ1n) is 10.4. The Kier molecular flexibility index (Phi) is 6.14. The number of hydrogen-bond acceptors (Lipinski definition) is 3. The summed E-state index contributed by atoms with van der Waals surface area (Å²) in [4.78, 5) is 0.457. The molecular weight excluding hydrogens is 370 g/mol. The summed E-state index contributed by atoms with van der Waals surface area (Å²) < 4.78 is 33.9. The molecule has 0 amide bonds. The van der Waals surface area contributed by atoms with E-state index in [9.17, 15) is 8.42 Å². The molecule has 1 fully saturated rings. The van der Waals surface area contributed by atoms with Crippen LogP contribution in [0, 0.1) is 5.92 Å². The largest absolute Gasteiger partial charge is 0.376 e. The second-order valence-corrected chi connectivity index (χ2v) is 9.95. The van der Waals surface area contributed by atoms with Gasteiger partial charge in [-0.25, -0.2) is 8.42 Å². The Morgan fingerprint density at radius 3 is 2.57 bits per heavy atom. The molecule has 4 nitrogen and oxygen atoms in total. The van der Waals surface area contributed by atoms with Gasteiger partial charge in [0.2, 0.25) is 10.0 Å². The van der Waals surface area contributed by atoms with Crippen LogP contribution in [-0.4, -0.2) is 32.4 Å². The van der Waals surface area contributed by atoms with Crippen molar-refractivity contribution in [1.82, 2.24) is 4.31 Å². The van der Waals surface area contributed by atoms with Crippen LogP contribution in [0.25, 0.3) is 0 Å². The minimum Gasteiger partial charge on any atom is -0.376 e. The maximum Gasteiger partial charge on any atom is 0.243 e. The van der Waals surface area contributed by atoms with Crippen LogP contribution in [0.4, 0.5) is 0 Å². The molecule has 1 unspecified atom stereocenters. The number of nitrogens with zero attached hydrogens (tertiary/aromatic N) is 1. The topological polar surface area (TPSA) is 46.6 Å². The van der Waals surface area contributed by atoms with Gasteiger partial charge in [-0.2, -0.15) is 4.31 Å². The molecule has 1 aliphatic heterocycles. The fraction of sp³-hybridized carbons (Fsp3) is 0.478. The predicted octanol–water partition coefficient (Wildman–Crippen LogP) is 4.18. The van der Waals surface area contributed by atoms with Crippen molar-refractivity contribution in [3.63, 3.8) is 0 Å². The third-order valence-corrected chi connectivity index (χ3v) is 7.77. The maximum atomic E-state index is 13.2. The minimum absolute atomic E-state index is 0.255. The highest BCUT2D eigenvalue weighted by molar-refractivity contribution is 7.89. The highest BCUT2D eigenvalue weighted by atomic mass is 32.2. The van der Waals surface area contributed by atoms with Crippen molar-refractivity contribution in [3.8, 4) is 0 Å². The summed E-state index contributed by atoms with van der Waals surface area (Å²) in [5.74, 6) is 0.255. The molecule has 5 heteroatoms. The monoisotopic (exact) mass is 399 g/mol. The van der Waals surface area contributed by atoms with Gasteiger partial charge in [-0.15, -0.1) is 0 Å². The number of sulfonamides is 1. The lowest BCUT2D eigenvalue weighted by molar-refractivity contribution is 0.0672. The lowest BCUT2D eigenvalue weighted by Gasteiger charge is -2.32. The van der Waals surface area contributed by atoms with E-state index in [0.29, 0.717) is 31.2 Å².